The number of halogens is 1. The number of nitrogens with zero attached hydrogens (tertiary/aromatic N) is 1. The second-order valence-corrected chi connectivity index (χ2v) is 7.23. The Labute approximate surface area is 184 Å². The molecular formula is C23H30ClNO5. The molecule has 0 saturated heterocycles. The summed E-state index contributed by atoms with van der Waals surface area (Å²) in [6.45, 7) is 1.93. The average molecular weight is 436 g/mol. The summed E-state index contributed by atoms with van der Waals surface area (Å²) in [5, 5.41) is 8.97. The molecule has 2 unspecified atom stereocenters. The minimum atomic E-state index is -1.04. The van der Waals surface area contributed by atoms with E-state index in [1.165, 1.54) is 5.56 Å². The Morgan fingerprint density at radius 2 is 1.63 bits per heavy atom. The van der Waals surface area contributed by atoms with Gasteiger partial charge < -0.3 is 14.6 Å². The molecule has 0 heterocycles. The van der Waals surface area contributed by atoms with E-state index in [1.54, 1.807) is 25.9 Å². The number of esters is 1. The summed E-state index contributed by atoms with van der Waals surface area (Å²) < 4.78 is 11.3. The maximum absolute atomic E-state index is 12.3. The first-order chi connectivity index (χ1) is 13.9. The second kappa shape index (κ2) is 12.9. The smallest absolute Gasteiger partial charge is 0.324 e. The largest absolute Gasteiger partial charge is 0.489 e. The zero-order chi connectivity index (χ0) is 21.2. The van der Waals surface area contributed by atoms with Gasteiger partial charge in [0.1, 0.15) is 24.5 Å². The predicted octanol–water partition coefficient (Wildman–Crippen LogP) is 3.61. The highest BCUT2D eigenvalue weighted by molar-refractivity contribution is 5.85. The molecule has 2 atom stereocenters. The van der Waals surface area contributed by atoms with Crippen molar-refractivity contribution in [3.8, 4) is 5.75 Å². The number of benzene rings is 2. The number of hydrogen-bond donors (Lipinski definition) is 1. The Bertz CT molecular complexity index is 797. The number of aliphatic carboxylic acids is 1. The van der Waals surface area contributed by atoms with Crippen LogP contribution in [0.1, 0.15) is 24.5 Å². The maximum atomic E-state index is 12.3. The molecule has 30 heavy (non-hydrogen) atoms. The van der Waals surface area contributed by atoms with Crippen LogP contribution in [0.15, 0.2) is 54.6 Å². The molecule has 0 saturated carbocycles. The van der Waals surface area contributed by atoms with Gasteiger partial charge in [-0.05, 0) is 51.1 Å². The van der Waals surface area contributed by atoms with Gasteiger partial charge in [-0.2, -0.15) is 0 Å². The number of rotatable bonds is 11. The van der Waals surface area contributed by atoms with Crippen molar-refractivity contribution in [3.63, 3.8) is 0 Å². The third-order valence-corrected chi connectivity index (χ3v) is 4.55. The van der Waals surface area contributed by atoms with E-state index in [0.717, 1.165) is 24.2 Å². The summed E-state index contributed by atoms with van der Waals surface area (Å²) in [6, 6.07) is 17.3. The van der Waals surface area contributed by atoms with E-state index >= 15 is 0 Å². The first kappa shape index (κ1) is 25.5. The van der Waals surface area contributed by atoms with Gasteiger partial charge in [-0.3, -0.25) is 14.5 Å². The van der Waals surface area contributed by atoms with Crippen LogP contribution >= 0.6 is 12.4 Å². The number of para-hydroxylation sites is 1. The SMILES string of the molecule is CC(COc1ccccc1CCc1ccccc1)OC(=O)C(CC(=O)O)N(C)C.Cl. The van der Waals surface area contributed by atoms with Crippen molar-refractivity contribution in [2.75, 3.05) is 20.7 Å². The summed E-state index contributed by atoms with van der Waals surface area (Å²) in [4.78, 5) is 24.8. The maximum Gasteiger partial charge on any atom is 0.324 e. The van der Waals surface area contributed by atoms with Crippen LogP contribution in [0.4, 0.5) is 0 Å². The van der Waals surface area contributed by atoms with Gasteiger partial charge in [0.25, 0.3) is 0 Å². The Morgan fingerprint density at radius 3 is 2.27 bits per heavy atom. The quantitative estimate of drug-likeness (QED) is 0.543. The summed E-state index contributed by atoms with van der Waals surface area (Å²) in [5.74, 6) is -0.844. The lowest BCUT2D eigenvalue weighted by molar-refractivity contribution is -0.158. The molecule has 2 aromatic carbocycles. The number of aryl methyl sites for hydroxylation is 2. The van der Waals surface area contributed by atoms with Gasteiger partial charge in [0.05, 0.1) is 6.42 Å². The van der Waals surface area contributed by atoms with Gasteiger partial charge in [0, 0.05) is 0 Å². The molecule has 0 aromatic heterocycles. The summed E-state index contributed by atoms with van der Waals surface area (Å²) in [7, 11) is 3.30. The second-order valence-electron chi connectivity index (χ2n) is 7.23. The monoisotopic (exact) mass is 435 g/mol. The minimum Gasteiger partial charge on any atom is -0.489 e. The van der Waals surface area contributed by atoms with Crippen LogP contribution in [0.3, 0.4) is 0 Å². The average Bonchev–Trinajstić information content (AvgIpc) is 2.70. The van der Waals surface area contributed by atoms with Crippen molar-refractivity contribution < 1.29 is 24.2 Å². The zero-order valence-corrected chi connectivity index (χ0v) is 18.4. The lowest BCUT2D eigenvalue weighted by Crippen LogP contribution is -2.40. The molecule has 164 valence electrons. The molecule has 0 spiro atoms. The highest BCUT2D eigenvalue weighted by atomic mass is 35.5. The van der Waals surface area contributed by atoms with Crippen LogP contribution in [-0.4, -0.2) is 54.8 Å². The molecule has 0 aliphatic rings. The van der Waals surface area contributed by atoms with Gasteiger partial charge in [-0.15, -0.1) is 12.4 Å². The van der Waals surface area contributed by atoms with Crippen LogP contribution < -0.4 is 4.74 Å². The molecule has 0 bridgehead atoms. The fourth-order valence-corrected chi connectivity index (χ4v) is 2.93. The lowest BCUT2D eigenvalue weighted by Gasteiger charge is -2.23. The van der Waals surface area contributed by atoms with Crippen LogP contribution in [0.5, 0.6) is 5.75 Å². The number of hydrogen-bond acceptors (Lipinski definition) is 5. The van der Waals surface area contributed by atoms with Crippen molar-refractivity contribution >= 4 is 24.3 Å². The van der Waals surface area contributed by atoms with Gasteiger partial charge in [-0.25, -0.2) is 0 Å². The van der Waals surface area contributed by atoms with E-state index in [-0.39, 0.29) is 25.4 Å². The highest BCUT2D eigenvalue weighted by Gasteiger charge is 2.27. The minimum absolute atomic E-state index is 0. The summed E-state index contributed by atoms with van der Waals surface area (Å²) in [5.41, 5.74) is 2.35. The number of ether oxygens (including phenoxy) is 2. The van der Waals surface area contributed by atoms with E-state index in [0.29, 0.717) is 0 Å². The Morgan fingerprint density at radius 1 is 1.00 bits per heavy atom. The van der Waals surface area contributed by atoms with E-state index in [2.05, 4.69) is 12.1 Å². The Balaban J connectivity index is 0.00000450. The van der Waals surface area contributed by atoms with Gasteiger partial charge in [0.15, 0.2) is 0 Å². The molecular weight excluding hydrogens is 406 g/mol. The van der Waals surface area contributed by atoms with Crippen LogP contribution in [0.25, 0.3) is 0 Å². The number of carbonyl (C=O) groups is 2. The lowest BCUT2D eigenvalue weighted by atomic mass is 10.0. The van der Waals surface area contributed by atoms with Crippen molar-refractivity contribution in [1.82, 2.24) is 4.90 Å². The fraction of sp³-hybridized carbons (Fsp3) is 0.391. The van der Waals surface area contributed by atoms with Crippen molar-refractivity contribution in [2.45, 2.75) is 38.3 Å². The van der Waals surface area contributed by atoms with Crippen LogP contribution in [0.2, 0.25) is 0 Å². The van der Waals surface area contributed by atoms with E-state index in [4.69, 9.17) is 14.6 Å². The van der Waals surface area contributed by atoms with E-state index in [9.17, 15) is 9.59 Å². The molecule has 0 aliphatic heterocycles. The molecule has 2 aromatic rings. The molecule has 0 aliphatic carbocycles. The van der Waals surface area contributed by atoms with Crippen molar-refractivity contribution in [2.24, 2.45) is 0 Å². The summed E-state index contributed by atoms with van der Waals surface area (Å²) >= 11 is 0. The fourth-order valence-electron chi connectivity index (χ4n) is 2.93. The number of carbonyl (C=O) groups excluding carboxylic acids is 1. The first-order valence-electron chi connectivity index (χ1n) is 9.70. The molecule has 6 nitrogen and oxygen atoms in total. The van der Waals surface area contributed by atoms with Crippen LogP contribution in [-0.2, 0) is 27.2 Å². The highest BCUT2D eigenvalue weighted by Crippen LogP contribution is 2.20. The number of carboxylic acids is 1. The van der Waals surface area contributed by atoms with Gasteiger partial charge in [-0.1, -0.05) is 48.5 Å². The van der Waals surface area contributed by atoms with Crippen molar-refractivity contribution in [3.05, 3.63) is 65.7 Å². The third-order valence-electron chi connectivity index (χ3n) is 4.55. The number of carboxylic acid groups (broad SMARTS) is 1. The van der Waals surface area contributed by atoms with E-state index < -0.39 is 24.1 Å². The van der Waals surface area contributed by atoms with E-state index in [1.807, 2.05) is 42.5 Å². The Hall–Kier alpha value is -2.57. The molecule has 0 fully saturated rings. The van der Waals surface area contributed by atoms with Gasteiger partial charge >= 0.3 is 11.9 Å². The number of likely N-dealkylation sites (N-methyl/N-ethyl adjacent to an activating group) is 1. The predicted molar refractivity (Wildman–Crippen MR) is 118 cm³/mol. The topological polar surface area (TPSA) is 76.1 Å². The molecule has 0 amide bonds. The first-order valence-corrected chi connectivity index (χ1v) is 9.70. The standard InChI is InChI=1S/C23H29NO5.ClH/c1-17(29-23(27)20(24(2)3)15-22(25)26)16-28-21-12-8-7-11-19(21)14-13-18-9-5-4-6-10-18;/h4-12,17,20H,13-16H2,1-3H3,(H,25,26);1H. The molecule has 0 radical (unpaired) electrons. The third kappa shape index (κ3) is 8.43. The Kier molecular flexibility index (Phi) is 10.9. The van der Waals surface area contributed by atoms with Gasteiger partial charge in [0.2, 0.25) is 0 Å². The molecule has 2 rings (SSSR count). The van der Waals surface area contributed by atoms with Crippen LogP contribution in [0, 0.1) is 0 Å². The zero-order valence-electron chi connectivity index (χ0n) is 17.6. The molecule has 7 heteroatoms. The van der Waals surface area contributed by atoms with Crippen molar-refractivity contribution in [1.29, 1.82) is 0 Å². The summed E-state index contributed by atoms with van der Waals surface area (Å²) in [6.07, 6.45) is 0.948. The normalized spacial score (nSPS) is 12.5. The molecule has 1 N–H and O–H groups in total.